The van der Waals surface area contributed by atoms with Crippen molar-refractivity contribution in [2.45, 2.75) is 117 Å². The Morgan fingerprint density at radius 3 is 1.89 bits per heavy atom. The Balaban J connectivity index is 2.24. The summed E-state index contributed by atoms with van der Waals surface area (Å²) in [5, 5.41) is 2.59. The molecule has 206 valence electrons. The van der Waals surface area contributed by atoms with Gasteiger partial charge in [0, 0.05) is 4.88 Å². The Morgan fingerprint density at radius 1 is 0.838 bits per heavy atom. The predicted octanol–water partition coefficient (Wildman–Crippen LogP) is 9.57. The zero-order chi connectivity index (χ0) is 28.1. The highest BCUT2D eigenvalue weighted by atomic mass is 32.1. The van der Waals surface area contributed by atoms with Gasteiger partial charge in [-0.3, -0.25) is 4.79 Å². The first kappa shape index (κ1) is 31.9. The standard InChI is InChI=1S/C31H50O3SSi2/c1-12-26(17-18-32)29-20-25(23-35-29)14-13-24-15-16-27(21-33-36(8,9)30(2,3)4)28(19-24)22-34-37(10,11)31(5,6)7/h15-20,23H,12-14,21-22H2,1-11H3. The summed E-state index contributed by atoms with van der Waals surface area (Å²) in [5.41, 5.74) is 6.28. The fraction of sp³-hybridized carbons (Fsp3) is 0.581. The second-order valence-electron chi connectivity index (χ2n) is 13.2. The molecule has 1 aromatic heterocycles. The maximum atomic E-state index is 11.0. The second-order valence-corrected chi connectivity index (χ2v) is 23.7. The molecule has 0 aliphatic rings. The molecule has 1 aromatic carbocycles. The molecule has 0 aliphatic carbocycles. The Morgan fingerprint density at radius 2 is 1.38 bits per heavy atom. The van der Waals surface area contributed by atoms with Crippen LogP contribution in [0, 0.1) is 0 Å². The molecule has 0 amide bonds. The quantitative estimate of drug-likeness (QED) is 0.148. The first-order valence-electron chi connectivity index (χ1n) is 13.6. The van der Waals surface area contributed by atoms with Crippen molar-refractivity contribution in [2.24, 2.45) is 0 Å². The van der Waals surface area contributed by atoms with E-state index in [-0.39, 0.29) is 10.1 Å². The summed E-state index contributed by atoms with van der Waals surface area (Å²) in [4.78, 5) is 12.2. The third-order valence-electron chi connectivity index (χ3n) is 8.38. The van der Waals surface area contributed by atoms with Gasteiger partial charge in [0.2, 0.25) is 0 Å². The molecule has 0 aliphatic heterocycles. The van der Waals surface area contributed by atoms with Crippen LogP contribution in [0.25, 0.3) is 5.57 Å². The van der Waals surface area contributed by atoms with Gasteiger partial charge in [0.05, 0.1) is 13.2 Å². The summed E-state index contributed by atoms with van der Waals surface area (Å²) >= 11 is 1.73. The molecule has 2 rings (SSSR count). The average Bonchev–Trinajstić information content (AvgIpc) is 3.26. The number of carbonyl (C=O) groups is 1. The van der Waals surface area contributed by atoms with Crippen LogP contribution in [0.2, 0.25) is 36.3 Å². The van der Waals surface area contributed by atoms with Gasteiger partial charge in [-0.1, -0.05) is 66.7 Å². The average molecular weight is 559 g/mol. The summed E-state index contributed by atoms with van der Waals surface area (Å²) in [6.45, 7) is 26.4. The van der Waals surface area contributed by atoms with Gasteiger partial charge in [0.25, 0.3) is 0 Å². The summed E-state index contributed by atoms with van der Waals surface area (Å²) in [7, 11) is -3.71. The van der Waals surface area contributed by atoms with Gasteiger partial charge in [0.15, 0.2) is 16.6 Å². The van der Waals surface area contributed by atoms with Crippen LogP contribution in [-0.4, -0.2) is 22.9 Å². The first-order valence-corrected chi connectivity index (χ1v) is 20.3. The van der Waals surface area contributed by atoms with Gasteiger partial charge < -0.3 is 8.85 Å². The third kappa shape index (κ3) is 8.86. The van der Waals surface area contributed by atoms with Crippen molar-refractivity contribution in [1.82, 2.24) is 0 Å². The van der Waals surface area contributed by atoms with Crippen molar-refractivity contribution < 1.29 is 13.6 Å². The van der Waals surface area contributed by atoms with E-state index in [0.29, 0.717) is 13.2 Å². The molecule has 0 radical (unpaired) electrons. The number of aryl methyl sites for hydroxylation is 2. The topological polar surface area (TPSA) is 35.5 Å². The smallest absolute Gasteiger partial charge is 0.192 e. The highest BCUT2D eigenvalue weighted by Gasteiger charge is 2.38. The number of benzene rings is 1. The van der Waals surface area contributed by atoms with Crippen LogP contribution >= 0.6 is 11.3 Å². The molecule has 1 heterocycles. The zero-order valence-electron chi connectivity index (χ0n) is 25.2. The fourth-order valence-electron chi connectivity index (χ4n) is 3.48. The number of rotatable bonds is 12. The number of allylic oxidation sites excluding steroid dienone is 2. The Bertz CT molecular complexity index is 1070. The molecule has 0 unspecified atom stereocenters. The van der Waals surface area contributed by atoms with Gasteiger partial charge in [-0.15, -0.1) is 11.3 Å². The van der Waals surface area contributed by atoms with Gasteiger partial charge in [-0.25, -0.2) is 0 Å². The van der Waals surface area contributed by atoms with Crippen molar-refractivity contribution in [2.75, 3.05) is 0 Å². The van der Waals surface area contributed by atoms with E-state index in [1.807, 2.05) is 0 Å². The van der Waals surface area contributed by atoms with Gasteiger partial charge in [-0.05, 0) is 101 Å². The van der Waals surface area contributed by atoms with Crippen LogP contribution in [0.5, 0.6) is 0 Å². The monoisotopic (exact) mass is 558 g/mol. The SMILES string of the molecule is CCC(=CC=O)c1cc(CCc2ccc(CO[Si](C)(C)C(C)(C)C)c(CO[Si](C)(C)C(C)(C)C)c2)cs1. The van der Waals surface area contributed by atoms with Crippen LogP contribution in [-0.2, 0) is 39.7 Å². The molecule has 3 nitrogen and oxygen atoms in total. The van der Waals surface area contributed by atoms with E-state index in [1.54, 1.807) is 17.4 Å². The minimum absolute atomic E-state index is 0.175. The molecular weight excluding hydrogens is 509 g/mol. The largest absolute Gasteiger partial charge is 0.413 e. The van der Waals surface area contributed by atoms with Crippen molar-refractivity contribution in [3.63, 3.8) is 0 Å². The Hall–Kier alpha value is -1.32. The van der Waals surface area contributed by atoms with Crippen LogP contribution in [0.4, 0.5) is 0 Å². The normalized spacial score (nSPS) is 13.8. The molecule has 0 atom stereocenters. The Labute approximate surface area is 233 Å². The van der Waals surface area contributed by atoms with E-state index in [2.05, 4.69) is 104 Å². The lowest BCUT2D eigenvalue weighted by Gasteiger charge is -2.37. The predicted molar refractivity (Wildman–Crippen MR) is 166 cm³/mol. The van der Waals surface area contributed by atoms with Crippen LogP contribution in [0.3, 0.4) is 0 Å². The van der Waals surface area contributed by atoms with Crippen molar-refractivity contribution >= 4 is 39.8 Å². The zero-order valence-corrected chi connectivity index (χ0v) is 28.0. The molecule has 0 saturated carbocycles. The van der Waals surface area contributed by atoms with E-state index < -0.39 is 16.6 Å². The number of hydrogen-bond donors (Lipinski definition) is 0. The van der Waals surface area contributed by atoms with E-state index in [1.165, 1.54) is 27.1 Å². The van der Waals surface area contributed by atoms with Gasteiger partial charge in [0.1, 0.15) is 6.29 Å². The van der Waals surface area contributed by atoms with Gasteiger partial charge in [-0.2, -0.15) is 0 Å². The number of aldehydes is 1. The summed E-state index contributed by atoms with van der Waals surface area (Å²) in [6, 6.07) is 9.10. The lowest BCUT2D eigenvalue weighted by Crippen LogP contribution is -2.41. The number of carbonyl (C=O) groups excluding carboxylic acids is 1. The van der Waals surface area contributed by atoms with Crippen molar-refractivity contribution in [3.05, 3.63) is 62.9 Å². The molecule has 0 saturated heterocycles. The maximum Gasteiger partial charge on any atom is 0.192 e. The number of thiophene rings is 1. The lowest BCUT2D eigenvalue weighted by molar-refractivity contribution is -0.104. The molecule has 0 bridgehead atoms. The van der Waals surface area contributed by atoms with Crippen LogP contribution < -0.4 is 0 Å². The van der Waals surface area contributed by atoms with Crippen LogP contribution in [0.15, 0.2) is 35.7 Å². The highest BCUT2D eigenvalue weighted by molar-refractivity contribution is 7.11. The van der Waals surface area contributed by atoms with Crippen molar-refractivity contribution in [1.29, 1.82) is 0 Å². The first-order chi connectivity index (χ1) is 17.0. The number of hydrogen-bond acceptors (Lipinski definition) is 4. The van der Waals surface area contributed by atoms with Gasteiger partial charge >= 0.3 is 0 Å². The van der Waals surface area contributed by atoms with E-state index in [4.69, 9.17) is 8.85 Å². The van der Waals surface area contributed by atoms with E-state index >= 15 is 0 Å². The molecule has 0 fully saturated rings. The maximum absolute atomic E-state index is 11.0. The Kier molecular flexibility index (Phi) is 10.9. The molecule has 0 N–H and O–H groups in total. The van der Waals surface area contributed by atoms with Crippen LogP contribution in [0.1, 0.15) is 82.0 Å². The minimum Gasteiger partial charge on any atom is -0.413 e. The van der Waals surface area contributed by atoms with E-state index in [9.17, 15) is 4.79 Å². The highest BCUT2D eigenvalue weighted by Crippen LogP contribution is 2.39. The fourth-order valence-corrected chi connectivity index (χ4v) is 6.43. The molecular formula is C31H50O3SSi2. The van der Waals surface area contributed by atoms with Crippen molar-refractivity contribution in [3.8, 4) is 0 Å². The molecule has 6 heteroatoms. The minimum atomic E-state index is -1.87. The summed E-state index contributed by atoms with van der Waals surface area (Å²) in [5.74, 6) is 0. The third-order valence-corrected chi connectivity index (χ3v) is 18.4. The second kappa shape index (κ2) is 12.7. The lowest BCUT2D eigenvalue weighted by atomic mass is 10.0. The summed E-state index contributed by atoms with van der Waals surface area (Å²) < 4.78 is 13.3. The molecule has 37 heavy (non-hydrogen) atoms. The van der Waals surface area contributed by atoms with E-state index in [0.717, 1.165) is 31.1 Å². The summed E-state index contributed by atoms with van der Waals surface area (Å²) in [6.07, 6.45) is 5.41. The molecule has 2 aromatic rings. The molecule has 0 spiro atoms.